The summed E-state index contributed by atoms with van der Waals surface area (Å²) >= 11 is 0. The summed E-state index contributed by atoms with van der Waals surface area (Å²) in [7, 11) is 0. The van der Waals surface area contributed by atoms with E-state index < -0.39 is 0 Å². The summed E-state index contributed by atoms with van der Waals surface area (Å²) in [4.78, 5) is 14.8. The van der Waals surface area contributed by atoms with Crippen LogP contribution in [-0.4, -0.2) is 48.4 Å². The highest BCUT2D eigenvalue weighted by molar-refractivity contribution is 5.80. The fraction of sp³-hybridized carbons (Fsp3) is 0.706. The number of aryl methyl sites for hydroxylation is 1. The van der Waals surface area contributed by atoms with Crippen molar-refractivity contribution in [3.63, 3.8) is 0 Å². The number of carbonyl (C=O) groups excluding carboxylic acids is 1. The number of fused-ring (bicyclic) bond motifs is 1. The van der Waals surface area contributed by atoms with Crippen LogP contribution >= 0.6 is 0 Å². The summed E-state index contributed by atoms with van der Waals surface area (Å²) in [6.07, 6.45) is 3.62. The maximum Gasteiger partial charge on any atom is 0.225 e. The first-order chi connectivity index (χ1) is 11.2. The van der Waals surface area contributed by atoms with Gasteiger partial charge in [-0.3, -0.25) is 4.79 Å². The first-order valence-corrected chi connectivity index (χ1v) is 8.65. The number of nitrogens with zero attached hydrogens (tertiary/aromatic N) is 3. The van der Waals surface area contributed by atoms with E-state index >= 15 is 0 Å². The number of nitrogens with one attached hydrogen (secondary N) is 1. The molecule has 3 heterocycles. The van der Waals surface area contributed by atoms with Crippen molar-refractivity contribution in [3.8, 4) is 0 Å². The maximum absolute atomic E-state index is 12.7. The van der Waals surface area contributed by atoms with Gasteiger partial charge in [-0.25, -0.2) is 0 Å². The molecule has 2 aliphatic heterocycles. The molecule has 1 aromatic heterocycles. The second-order valence-corrected chi connectivity index (χ2v) is 7.09. The summed E-state index contributed by atoms with van der Waals surface area (Å²) in [5, 5.41) is 11.6. The summed E-state index contributed by atoms with van der Waals surface area (Å²) in [6.45, 7) is 5.03. The fourth-order valence-electron chi connectivity index (χ4n) is 3.70. The highest BCUT2D eigenvalue weighted by atomic mass is 16.5. The van der Waals surface area contributed by atoms with Gasteiger partial charge in [-0.2, -0.15) is 5.10 Å². The summed E-state index contributed by atoms with van der Waals surface area (Å²) < 4.78 is 5.88. The van der Waals surface area contributed by atoms with E-state index in [1.165, 1.54) is 12.8 Å². The van der Waals surface area contributed by atoms with Gasteiger partial charge in [0.05, 0.1) is 17.7 Å². The van der Waals surface area contributed by atoms with Gasteiger partial charge in [-0.1, -0.05) is 0 Å². The SMILES string of the molecule is Cc1ccc(N2C[C@@H]3OCC[C@@H]3[C@H](C(=O)NCC3CC3)C2)nn1. The highest BCUT2D eigenvalue weighted by Crippen LogP contribution is 2.35. The van der Waals surface area contributed by atoms with Crippen LogP contribution in [0.5, 0.6) is 0 Å². The van der Waals surface area contributed by atoms with Gasteiger partial charge in [-0.15, -0.1) is 5.10 Å². The molecule has 0 aromatic carbocycles. The van der Waals surface area contributed by atoms with Crippen molar-refractivity contribution >= 4 is 11.7 Å². The maximum atomic E-state index is 12.7. The number of piperidine rings is 1. The molecule has 3 atom stereocenters. The van der Waals surface area contributed by atoms with Crippen LogP contribution in [0.2, 0.25) is 0 Å². The molecule has 6 heteroatoms. The molecule has 0 unspecified atom stereocenters. The second-order valence-electron chi connectivity index (χ2n) is 7.09. The third-order valence-electron chi connectivity index (χ3n) is 5.30. The lowest BCUT2D eigenvalue weighted by atomic mass is 9.82. The second kappa shape index (κ2) is 6.07. The average Bonchev–Trinajstić information content (AvgIpc) is 3.27. The quantitative estimate of drug-likeness (QED) is 0.902. The molecule has 1 aliphatic carbocycles. The van der Waals surface area contributed by atoms with Crippen LogP contribution < -0.4 is 10.2 Å². The monoisotopic (exact) mass is 316 g/mol. The van der Waals surface area contributed by atoms with E-state index in [2.05, 4.69) is 20.4 Å². The van der Waals surface area contributed by atoms with Gasteiger partial charge in [0.1, 0.15) is 0 Å². The van der Waals surface area contributed by atoms with Gasteiger partial charge < -0.3 is 15.0 Å². The van der Waals surface area contributed by atoms with Crippen molar-refractivity contribution in [3.05, 3.63) is 17.8 Å². The molecular weight excluding hydrogens is 292 g/mol. The molecule has 1 aromatic rings. The van der Waals surface area contributed by atoms with E-state index in [4.69, 9.17) is 4.74 Å². The number of aromatic nitrogens is 2. The normalized spacial score (nSPS) is 30.1. The minimum Gasteiger partial charge on any atom is -0.376 e. The molecule has 2 saturated heterocycles. The molecule has 0 radical (unpaired) electrons. The molecule has 23 heavy (non-hydrogen) atoms. The molecule has 124 valence electrons. The smallest absolute Gasteiger partial charge is 0.225 e. The van der Waals surface area contributed by atoms with Gasteiger partial charge in [0.2, 0.25) is 5.91 Å². The zero-order valence-corrected chi connectivity index (χ0v) is 13.6. The lowest BCUT2D eigenvalue weighted by molar-refractivity contribution is -0.127. The van der Waals surface area contributed by atoms with Gasteiger partial charge >= 0.3 is 0 Å². The van der Waals surface area contributed by atoms with E-state index in [0.717, 1.165) is 37.6 Å². The van der Waals surface area contributed by atoms with Crippen molar-refractivity contribution in [2.45, 2.75) is 32.3 Å². The van der Waals surface area contributed by atoms with Crippen LogP contribution in [0.3, 0.4) is 0 Å². The molecular formula is C17H24N4O2. The number of hydrogen-bond acceptors (Lipinski definition) is 5. The Bertz CT molecular complexity index is 572. The molecule has 1 N–H and O–H groups in total. The third kappa shape index (κ3) is 3.17. The zero-order valence-electron chi connectivity index (χ0n) is 13.6. The number of hydrogen-bond donors (Lipinski definition) is 1. The summed E-state index contributed by atoms with van der Waals surface area (Å²) in [5.41, 5.74) is 0.902. The van der Waals surface area contributed by atoms with E-state index in [1.807, 2.05) is 19.1 Å². The van der Waals surface area contributed by atoms with Crippen molar-refractivity contribution in [2.24, 2.45) is 17.8 Å². The first-order valence-electron chi connectivity index (χ1n) is 8.65. The Morgan fingerprint density at radius 1 is 1.30 bits per heavy atom. The van der Waals surface area contributed by atoms with Crippen LogP contribution in [0.4, 0.5) is 5.82 Å². The van der Waals surface area contributed by atoms with E-state index in [-0.39, 0.29) is 17.9 Å². The number of amides is 1. The molecule has 1 amide bonds. The van der Waals surface area contributed by atoms with Crippen LogP contribution in [0.1, 0.15) is 25.0 Å². The van der Waals surface area contributed by atoms with E-state index in [9.17, 15) is 4.79 Å². The fourth-order valence-corrected chi connectivity index (χ4v) is 3.70. The Hall–Kier alpha value is -1.69. The predicted molar refractivity (Wildman–Crippen MR) is 86.1 cm³/mol. The Labute approximate surface area is 136 Å². The van der Waals surface area contributed by atoms with Crippen molar-refractivity contribution in [2.75, 3.05) is 31.1 Å². The van der Waals surface area contributed by atoms with Crippen LogP contribution in [0.15, 0.2) is 12.1 Å². The minimum absolute atomic E-state index is 0.0156. The van der Waals surface area contributed by atoms with Crippen LogP contribution in [0.25, 0.3) is 0 Å². The lowest BCUT2D eigenvalue weighted by Crippen LogP contribution is -2.53. The molecule has 3 aliphatic rings. The lowest BCUT2D eigenvalue weighted by Gasteiger charge is -2.39. The van der Waals surface area contributed by atoms with Crippen molar-refractivity contribution < 1.29 is 9.53 Å². The molecule has 1 saturated carbocycles. The van der Waals surface area contributed by atoms with E-state index in [0.29, 0.717) is 18.4 Å². The van der Waals surface area contributed by atoms with Gasteiger partial charge in [0.15, 0.2) is 5.82 Å². The Morgan fingerprint density at radius 2 is 2.17 bits per heavy atom. The van der Waals surface area contributed by atoms with E-state index in [1.54, 1.807) is 0 Å². The van der Waals surface area contributed by atoms with Crippen LogP contribution in [0, 0.1) is 24.7 Å². The zero-order chi connectivity index (χ0) is 15.8. The van der Waals surface area contributed by atoms with Crippen LogP contribution in [-0.2, 0) is 9.53 Å². The number of carbonyl (C=O) groups is 1. The number of ether oxygens (including phenoxy) is 1. The number of anilines is 1. The van der Waals surface area contributed by atoms with Gasteiger partial charge in [0, 0.05) is 32.2 Å². The summed E-state index contributed by atoms with van der Waals surface area (Å²) in [6, 6.07) is 3.95. The predicted octanol–water partition coefficient (Wildman–Crippen LogP) is 1.15. The molecule has 6 nitrogen and oxygen atoms in total. The third-order valence-corrected chi connectivity index (χ3v) is 5.30. The van der Waals surface area contributed by atoms with Gasteiger partial charge in [0.25, 0.3) is 0 Å². The van der Waals surface area contributed by atoms with Gasteiger partial charge in [-0.05, 0) is 44.2 Å². The first kappa shape index (κ1) is 14.9. The number of rotatable bonds is 4. The topological polar surface area (TPSA) is 67.3 Å². The average molecular weight is 316 g/mol. The largest absolute Gasteiger partial charge is 0.376 e. The summed E-state index contributed by atoms with van der Waals surface area (Å²) in [5.74, 6) is 2.05. The molecule has 0 spiro atoms. The molecule has 3 fully saturated rings. The Morgan fingerprint density at radius 3 is 2.91 bits per heavy atom. The Balaban J connectivity index is 1.49. The highest BCUT2D eigenvalue weighted by Gasteiger charge is 2.44. The molecule has 4 rings (SSSR count). The minimum atomic E-state index is -0.0156. The molecule has 0 bridgehead atoms. The van der Waals surface area contributed by atoms with Crippen molar-refractivity contribution in [1.29, 1.82) is 0 Å². The Kier molecular flexibility index (Phi) is 3.93. The standard InChI is InChI=1S/C17H24N4O2/c1-11-2-5-16(20-19-11)21-9-14(13-6-7-23-15(13)10-21)17(22)18-8-12-3-4-12/h2,5,12-15H,3-4,6-10H2,1H3,(H,18,22)/t13-,14-,15+/m1/s1. The van der Waals surface area contributed by atoms with Crippen molar-refractivity contribution in [1.82, 2.24) is 15.5 Å².